The van der Waals surface area contributed by atoms with Gasteiger partial charge in [0.25, 0.3) is 0 Å². The summed E-state index contributed by atoms with van der Waals surface area (Å²) in [4.78, 5) is 48.6. The fourth-order valence-corrected chi connectivity index (χ4v) is 7.69. The van der Waals surface area contributed by atoms with Crippen molar-refractivity contribution in [1.82, 2.24) is 19.9 Å². The topological polar surface area (TPSA) is 140 Å². The van der Waals surface area contributed by atoms with E-state index in [0.29, 0.717) is 37.6 Å². The molecule has 4 heterocycles. The Morgan fingerprint density at radius 3 is 1.35 bits per heavy atom. The van der Waals surface area contributed by atoms with Crippen molar-refractivity contribution in [1.29, 1.82) is 0 Å². The van der Waals surface area contributed by atoms with Gasteiger partial charge in [-0.25, -0.2) is 19.9 Å². The molecule has 0 spiro atoms. The van der Waals surface area contributed by atoms with Crippen LogP contribution < -0.4 is 9.80 Å². The van der Waals surface area contributed by atoms with Crippen molar-refractivity contribution >= 4 is 23.8 Å². The molecule has 0 aliphatic carbocycles. The Hall–Kier alpha value is -4.94. The number of aryl methyl sites for hydroxylation is 4. The zero-order chi connectivity index (χ0) is 40.9. The lowest BCUT2D eigenvalue weighted by Crippen LogP contribution is -2.31. The number of anilines is 2. The number of piperidine rings is 2. The fourth-order valence-electron chi connectivity index (χ4n) is 7.69. The van der Waals surface area contributed by atoms with Crippen molar-refractivity contribution in [2.45, 2.75) is 90.9 Å². The van der Waals surface area contributed by atoms with Gasteiger partial charge in [0.2, 0.25) is 11.9 Å². The monoisotopic (exact) mass is 780 g/mol. The highest BCUT2D eigenvalue weighted by atomic mass is 16.5. The molecule has 12 nitrogen and oxygen atoms in total. The summed E-state index contributed by atoms with van der Waals surface area (Å²) in [7, 11) is 4.65. The third kappa shape index (κ3) is 11.1. The van der Waals surface area contributed by atoms with Gasteiger partial charge in [-0.1, -0.05) is 59.7 Å². The maximum Gasteiger partial charge on any atom is 0.313 e. The van der Waals surface area contributed by atoms with E-state index in [1.54, 1.807) is 14.2 Å². The van der Waals surface area contributed by atoms with Gasteiger partial charge >= 0.3 is 11.9 Å². The highest BCUT2D eigenvalue weighted by molar-refractivity contribution is 5.83. The average molecular weight is 781 g/mol. The number of ether oxygens (including phenoxy) is 3. The van der Waals surface area contributed by atoms with Crippen LogP contribution in [0.25, 0.3) is 22.5 Å². The van der Waals surface area contributed by atoms with E-state index in [1.807, 2.05) is 45.0 Å². The van der Waals surface area contributed by atoms with Crippen LogP contribution >= 0.6 is 0 Å². The molecule has 306 valence electrons. The highest BCUT2D eigenvalue weighted by Crippen LogP contribution is 2.36. The Bertz CT molecular complexity index is 1920. The molecule has 12 heteroatoms. The van der Waals surface area contributed by atoms with Crippen LogP contribution in [0.4, 0.5) is 11.9 Å². The molecule has 0 bridgehead atoms. The largest absolute Gasteiger partial charge is 0.481 e. The number of rotatable bonds is 14. The summed E-state index contributed by atoms with van der Waals surface area (Å²) in [6.45, 7) is 12.6. The first-order valence-corrected chi connectivity index (χ1v) is 20.3. The summed E-state index contributed by atoms with van der Waals surface area (Å²) in [5.74, 6) is -0.877. The van der Waals surface area contributed by atoms with Gasteiger partial charge in [-0.3, -0.25) is 9.59 Å². The van der Waals surface area contributed by atoms with E-state index >= 15 is 0 Å². The summed E-state index contributed by atoms with van der Waals surface area (Å²) in [5.41, 5.74) is 8.85. The minimum atomic E-state index is -0.872. The number of esters is 1. The molecule has 57 heavy (non-hydrogen) atoms. The third-order valence-electron chi connectivity index (χ3n) is 10.9. The Balaban J connectivity index is 0.000000218. The molecule has 4 aromatic rings. The van der Waals surface area contributed by atoms with Gasteiger partial charge in [-0.15, -0.1) is 0 Å². The molecule has 6 rings (SSSR count). The molecule has 0 saturated carbocycles. The van der Waals surface area contributed by atoms with E-state index < -0.39 is 17.8 Å². The van der Waals surface area contributed by atoms with E-state index in [-0.39, 0.29) is 5.97 Å². The minimum absolute atomic E-state index is 0.284. The lowest BCUT2D eigenvalue weighted by atomic mass is 9.90. The van der Waals surface area contributed by atoms with Gasteiger partial charge in [0.15, 0.2) is 0 Å². The number of nitrogens with zero attached hydrogens (tertiary/aromatic N) is 6. The molecule has 2 aromatic heterocycles. The summed E-state index contributed by atoms with van der Waals surface area (Å²) in [5, 5.41) is 9.89. The lowest BCUT2D eigenvalue weighted by Gasteiger charge is -2.28. The molecule has 1 N–H and O–H groups in total. The second kappa shape index (κ2) is 21.0. The van der Waals surface area contributed by atoms with Crippen LogP contribution in [0.2, 0.25) is 0 Å². The van der Waals surface area contributed by atoms with Crippen molar-refractivity contribution in [3.05, 3.63) is 82.2 Å². The maximum absolute atomic E-state index is 12.7. The molecule has 2 aliphatic heterocycles. The number of hydrogen-bond acceptors (Lipinski definition) is 11. The summed E-state index contributed by atoms with van der Waals surface area (Å²) in [6, 6.07) is 16.3. The van der Waals surface area contributed by atoms with Crippen LogP contribution in [-0.4, -0.2) is 97.7 Å². The van der Waals surface area contributed by atoms with Crippen molar-refractivity contribution in [3.8, 4) is 22.5 Å². The summed E-state index contributed by atoms with van der Waals surface area (Å²) < 4.78 is 15.5. The van der Waals surface area contributed by atoms with Gasteiger partial charge in [0.1, 0.15) is 0 Å². The van der Waals surface area contributed by atoms with E-state index in [0.717, 1.165) is 103 Å². The zero-order valence-electron chi connectivity index (χ0n) is 34.8. The first-order chi connectivity index (χ1) is 27.6. The van der Waals surface area contributed by atoms with Gasteiger partial charge in [0, 0.05) is 87.3 Å². The molecule has 2 unspecified atom stereocenters. The normalized spacial score (nSPS) is 15.4. The van der Waals surface area contributed by atoms with Gasteiger partial charge in [0.05, 0.1) is 30.3 Å². The van der Waals surface area contributed by atoms with Crippen LogP contribution in [0.3, 0.4) is 0 Å². The van der Waals surface area contributed by atoms with Crippen LogP contribution in [0.1, 0.15) is 96.8 Å². The van der Waals surface area contributed by atoms with Crippen LogP contribution in [0.15, 0.2) is 48.5 Å². The highest BCUT2D eigenvalue weighted by Gasteiger charge is 2.31. The molecule has 2 aliphatic rings. The van der Waals surface area contributed by atoms with Crippen LogP contribution in [-0.2, 0) is 23.8 Å². The number of benzene rings is 2. The van der Waals surface area contributed by atoms with Gasteiger partial charge in [-0.2, -0.15) is 0 Å². The van der Waals surface area contributed by atoms with Crippen molar-refractivity contribution in [2.75, 3.05) is 70.5 Å². The third-order valence-corrected chi connectivity index (χ3v) is 10.9. The number of carboxylic acids is 1. The Labute approximate surface area is 338 Å². The molecule has 0 radical (unpaired) electrons. The van der Waals surface area contributed by atoms with Crippen molar-refractivity contribution in [2.24, 2.45) is 0 Å². The standard InChI is InChI=1S/C23H31N3O3.C22H29N3O3/c1-16-8-10-18(11-9-16)21-20(19(12-15-28-3)22(27)29-4)17(2)24-23(25-21)26-13-6-5-7-14-26;1-15-7-9-17(10-8-15)20-19(18(21(26)27)11-14-28-3)16(2)23-22(24-20)25-12-5-4-6-13-25/h8-11,19H,5-7,12-15H2,1-4H3;7-10,18H,4-6,11-14H2,1-3H3,(H,26,27). The Kier molecular flexibility index (Phi) is 15.9. The molecule has 2 aromatic carbocycles. The predicted molar refractivity (Wildman–Crippen MR) is 224 cm³/mol. The summed E-state index contributed by atoms with van der Waals surface area (Å²) in [6.07, 6.45) is 7.97. The van der Waals surface area contributed by atoms with Gasteiger partial charge < -0.3 is 29.1 Å². The Morgan fingerprint density at radius 1 is 0.596 bits per heavy atom. The van der Waals surface area contributed by atoms with E-state index in [1.165, 1.54) is 25.5 Å². The first-order valence-electron chi connectivity index (χ1n) is 20.3. The first kappa shape index (κ1) is 43.2. The second-order valence-electron chi connectivity index (χ2n) is 15.1. The number of carbonyl (C=O) groups excluding carboxylic acids is 1. The van der Waals surface area contributed by atoms with Crippen LogP contribution in [0.5, 0.6) is 0 Å². The summed E-state index contributed by atoms with van der Waals surface area (Å²) >= 11 is 0. The van der Waals surface area contributed by atoms with Crippen molar-refractivity contribution < 1.29 is 28.9 Å². The Morgan fingerprint density at radius 2 is 0.982 bits per heavy atom. The molecule has 0 amide bonds. The van der Waals surface area contributed by atoms with E-state index in [4.69, 9.17) is 34.1 Å². The average Bonchev–Trinajstić information content (AvgIpc) is 3.23. The second-order valence-corrected chi connectivity index (χ2v) is 15.1. The number of carboxylic acid groups (broad SMARTS) is 1. The SMILES string of the molecule is COCCC(C(=O)O)c1c(C)nc(N2CCCCC2)nc1-c1ccc(C)cc1.COCCC(C(=O)OC)c1c(C)nc(N2CCCCC2)nc1-c1ccc(C)cc1. The molecule has 2 saturated heterocycles. The van der Waals surface area contributed by atoms with Gasteiger partial charge in [-0.05, 0) is 79.1 Å². The fraction of sp³-hybridized carbons (Fsp3) is 0.511. The lowest BCUT2D eigenvalue weighted by molar-refractivity contribution is -0.143. The predicted octanol–water partition coefficient (Wildman–Crippen LogP) is 8.00. The minimum Gasteiger partial charge on any atom is -0.481 e. The molecule has 2 atom stereocenters. The quantitative estimate of drug-likeness (QED) is 0.124. The molecular weight excluding hydrogens is 721 g/mol. The number of aliphatic carboxylic acids is 1. The number of hydrogen-bond donors (Lipinski definition) is 1. The van der Waals surface area contributed by atoms with E-state index in [9.17, 15) is 14.7 Å². The maximum atomic E-state index is 12.7. The number of carbonyl (C=O) groups is 2. The number of methoxy groups -OCH3 is 3. The molecule has 2 fully saturated rings. The smallest absolute Gasteiger partial charge is 0.313 e. The van der Waals surface area contributed by atoms with Crippen molar-refractivity contribution in [3.63, 3.8) is 0 Å². The zero-order valence-corrected chi connectivity index (χ0v) is 34.8. The van der Waals surface area contributed by atoms with E-state index in [2.05, 4.69) is 41.0 Å². The molecular formula is C45H60N6O6. The number of aromatic nitrogens is 4. The van der Waals surface area contributed by atoms with Crippen LogP contribution in [0, 0.1) is 27.7 Å².